The number of aryl methyl sites for hydroxylation is 1. The van der Waals surface area contributed by atoms with E-state index in [0.717, 1.165) is 12.0 Å². The number of carbonyl (C=O) groups is 1. The minimum absolute atomic E-state index is 0. The molecular formula is C19H32N2O. The van der Waals surface area contributed by atoms with Gasteiger partial charge in [-0.2, -0.15) is 0 Å². The molecule has 2 N–H and O–H groups in total. The van der Waals surface area contributed by atoms with E-state index in [1.54, 1.807) is 0 Å². The summed E-state index contributed by atoms with van der Waals surface area (Å²) in [6, 6.07) is 7.79. The smallest absolute Gasteiger partial charge is 0.155 e. The van der Waals surface area contributed by atoms with Crippen LogP contribution in [0.2, 0.25) is 0 Å². The molecule has 1 atom stereocenters. The maximum Gasteiger partial charge on any atom is 0.155 e. The number of hydrogen-bond acceptors (Lipinski definition) is 2. The van der Waals surface area contributed by atoms with Gasteiger partial charge in [-0.1, -0.05) is 52.8 Å². The normalized spacial score (nSPS) is 12.7. The lowest BCUT2D eigenvalue weighted by atomic mass is 9.80. The van der Waals surface area contributed by atoms with Gasteiger partial charge >= 0.3 is 0 Å². The van der Waals surface area contributed by atoms with Crippen LogP contribution in [0.3, 0.4) is 0 Å². The average Bonchev–Trinajstić information content (AvgIpc) is 2.85. The first-order chi connectivity index (χ1) is 10.4. The predicted octanol–water partition coefficient (Wildman–Crippen LogP) is 4.33. The molecule has 0 aliphatic rings. The molecule has 0 aliphatic carbocycles. The molecule has 0 amide bonds. The third-order valence-electron chi connectivity index (χ3n) is 4.31. The van der Waals surface area contributed by atoms with Gasteiger partial charge in [0.05, 0.1) is 6.04 Å². The molecule has 0 unspecified atom stereocenters. The topological polar surface area (TPSA) is 48.0 Å². The van der Waals surface area contributed by atoms with Crippen molar-refractivity contribution in [1.29, 1.82) is 0 Å². The lowest BCUT2D eigenvalue weighted by Gasteiger charge is -2.24. The van der Waals surface area contributed by atoms with E-state index in [1.165, 1.54) is 10.9 Å². The summed E-state index contributed by atoms with van der Waals surface area (Å²) in [7, 11) is 2.02. The predicted molar refractivity (Wildman–Crippen MR) is 97.1 cm³/mol. The van der Waals surface area contributed by atoms with Crippen molar-refractivity contribution in [1.82, 2.24) is 4.57 Å². The molecule has 0 fully saturated rings. The molecule has 0 spiro atoms. The van der Waals surface area contributed by atoms with E-state index < -0.39 is 6.04 Å². The molecule has 0 radical (unpaired) electrons. The zero-order valence-corrected chi connectivity index (χ0v) is 14.8. The molecule has 124 valence electrons. The third kappa shape index (κ3) is 3.77. The van der Waals surface area contributed by atoms with Crippen molar-refractivity contribution in [2.75, 3.05) is 0 Å². The Morgan fingerprint density at radius 3 is 2.50 bits per heavy atom. The molecule has 3 nitrogen and oxygen atoms in total. The van der Waals surface area contributed by atoms with E-state index in [9.17, 15) is 4.79 Å². The van der Waals surface area contributed by atoms with Crippen LogP contribution in [0.25, 0.3) is 10.9 Å². The number of ketones is 1. The largest absolute Gasteiger partial charge is 0.350 e. The van der Waals surface area contributed by atoms with Crippen LogP contribution in [0, 0.1) is 5.41 Å². The number of aromatic nitrogens is 1. The van der Waals surface area contributed by atoms with Crippen molar-refractivity contribution >= 4 is 16.7 Å². The molecule has 2 aromatic rings. The van der Waals surface area contributed by atoms with Crippen molar-refractivity contribution < 1.29 is 6.22 Å². The van der Waals surface area contributed by atoms with Crippen LogP contribution < -0.4 is 5.73 Å². The highest BCUT2D eigenvalue weighted by Crippen LogP contribution is 2.26. The van der Waals surface area contributed by atoms with E-state index in [2.05, 4.69) is 22.9 Å². The number of Topliss-reactive ketones (excluding diaryl/α,β-unsaturated/α-hetero) is 1. The van der Waals surface area contributed by atoms with Crippen molar-refractivity contribution in [3.8, 4) is 0 Å². The monoisotopic (exact) mass is 304 g/mol. The second-order valence-electron chi connectivity index (χ2n) is 6.19. The highest BCUT2D eigenvalue weighted by Gasteiger charge is 2.30. The summed E-state index contributed by atoms with van der Waals surface area (Å²) in [6.07, 6.45) is 3.50. The van der Waals surface area contributed by atoms with E-state index >= 15 is 0 Å². The van der Waals surface area contributed by atoms with Crippen LogP contribution in [0.4, 0.5) is 0 Å². The number of carbonyl (C=O) groups excluding carboxylic acids is 1. The fourth-order valence-electron chi connectivity index (χ4n) is 2.59. The van der Waals surface area contributed by atoms with Crippen LogP contribution in [-0.2, 0) is 18.3 Å². The van der Waals surface area contributed by atoms with Gasteiger partial charge in [-0.25, -0.2) is 0 Å². The first-order valence-electron chi connectivity index (χ1n) is 8.19. The number of fused-ring (bicyclic) bond motifs is 1. The Hall–Kier alpha value is -1.61. The van der Waals surface area contributed by atoms with Crippen molar-refractivity contribution in [3.63, 3.8) is 0 Å². The summed E-state index contributed by atoms with van der Waals surface area (Å²) in [5.41, 5.74) is 8.14. The SMILES string of the molecule is CC.CCC(C)(C)C(=O)[C@@H](N)Cc1cn(C)c2ccccc12.[HH]. The number of para-hydroxylation sites is 1. The molecule has 0 saturated heterocycles. The molecular weight excluding hydrogens is 272 g/mol. The Labute approximate surface area is 136 Å². The summed E-state index contributed by atoms with van der Waals surface area (Å²) in [6.45, 7) is 9.97. The Balaban J connectivity index is 0.00000155. The first-order valence-corrected chi connectivity index (χ1v) is 8.19. The van der Waals surface area contributed by atoms with Gasteiger partial charge in [-0.3, -0.25) is 4.79 Å². The standard InChI is InChI=1S/C17H24N2O.C2H6.H2/c1-5-17(2,3)16(20)14(18)10-12-11-19(4)15-9-7-6-8-13(12)15;1-2;/h6-9,11,14H,5,10,18H2,1-4H3;1-2H3;1H/t14-;;/m0../s1. The second-order valence-corrected chi connectivity index (χ2v) is 6.19. The quantitative estimate of drug-likeness (QED) is 0.894. The van der Waals surface area contributed by atoms with Gasteiger partial charge < -0.3 is 10.3 Å². The second kappa shape index (κ2) is 7.59. The van der Waals surface area contributed by atoms with Gasteiger partial charge in [0.15, 0.2) is 5.78 Å². The van der Waals surface area contributed by atoms with Crippen LogP contribution in [0.1, 0.15) is 48.0 Å². The lowest BCUT2D eigenvalue weighted by Crippen LogP contribution is -2.41. The Kier molecular flexibility index (Phi) is 6.36. The van der Waals surface area contributed by atoms with E-state index in [1.807, 2.05) is 53.8 Å². The number of nitrogens with two attached hydrogens (primary N) is 1. The summed E-state index contributed by atoms with van der Waals surface area (Å²) in [5, 5.41) is 1.19. The molecule has 2 rings (SSSR count). The van der Waals surface area contributed by atoms with Crippen LogP contribution in [-0.4, -0.2) is 16.4 Å². The minimum atomic E-state index is -0.434. The van der Waals surface area contributed by atoms with E-state index in [0.29, 0.717) is 6.42 Å². The number of nitrogens with zero attached hydrogens (tertiary/aromatic N) is 1. The number of benzene rings is 1. The van der Waals surface area contributed by atoms with Gasteiger partial charge in [0.1, 0.15) is 0 Å². The Morgan fingerprint density at radius 2 is 1.91 bits per heavy atom. The summed E-state index contributed by atoms with van der Waals surface area (Å²) >= 11 is 0. The summed E-state index contributed by atoms with van der Waals surface area (Å²) < 4.78 is 2.09. The molecule has 1 aromatic carbocycles. The van der Waals surface area contributed by atoms with Gasteiger partial charge in [-0.05, 0) is 24.5 Å². The minimum Gasteiger partial charge on any atom is -0.350 e. The third-order valence-corrected chi connectivity index (χ3v) is 4.31. The van der Waals surface area contributed by atoms with Crippen molar-refractivity contribution in [3.05, 3.63) is 36.0 Å². The van der Waals surface area contributed by atoms with Gasteiger partial charge in [0.2, 0.25) is 0 Å². The van der Waals surface area contributed by atoms with Gasteiger partial charge in [0, 0.05) is 31.0 Å². The molecule has 3 heteroatoms. The van der Waals surface area contributed by atoms with E-state index in [4.69, 9.17) is 5.73 Å². The molecule has 0 aliphatic heterocycles. The van der Waals surface area contributed by atoms with Crippen LogP contribution in [0.15, 0.2) is 30.5 Å². The molecule has 22 heavy (non-hydrogen) atoms. The zero-order chi connectivity index (χ0) is 16.9. The fraction of sp³-hybridized carbons (Fsp3) is 0.526. The van der Waals surface area contributed by atoms with Crippen LogP contribution in [0.5, 0.6) is 0 Å². The van der Waals surface area contributed by atoms with Gasteiger partial charge in [-0.15, -0.1) is 0 Å². The molecule has 1 aromatic heterocycles. The highest BCUT2D eigenvalue weighted by molar-refractivity contribution is 5.90. The lowest BCUT2D eigenvalue weighted by molar-refractivity contribution is -0.128. The maximum absolute atomic E-state index is 12.4. The molecule has 0 saturated carbocycles. The average molecular weight is 304 g/mol. The first kappa shape index (κ1) is 18.4. The zero-order valence-electron chi connectivity index (χ0n) is 14.8. The maximum atomic E-state index is 12.4. The fourth-order valence-corrected chi connectivity index (χ4v) is 2.59. The van der Waals surface area contributed by atoms with Crippen LogP contribution >= 0.6 is 0 Å². The Morgan fingerprint density at radius 1 is 1.32 bits per heavy atom. The number of hydrogen-bond donors (Lipinski definition) is 1. The number of rotatable bonds is 5. The summed E-state index contributed by atoms with van der Waals surface area (Å²) in [5.74, 6) is 0.146. The van der Waals surface area contributed by atoms with Gasteiger partial charge in [0.25, 0.3) is 0 Å². The molecule has 0 bridgehead atoms. The highest BCUT2D eigenvalue weighted by atomic mass is 16.1. The summed E-state index contributed by atoms with van der Waals surface area (Å²) in [4.78, 5) is 12.4. The molecule has 1 heterocycles. The van der Waals surface area contributed by atoms with Crippen molar-refractivity contribution in [2.24, 2.45) is 18.2 Å². The van der Waals surface area contributed by atoms with Crippen molar-refractivity contribution in [2.45, 2.75) is 53.5 Å². The Bertz CT molecular complexity index is 631. The van der Waals surface area contributed by atoms with E-state index in [-0.39, 0.29) is 12.6 Å².